The fraction of sp³-hybridized carbons (Fsp3) is 0.400. The number of nitro groups is 1. The molecule has 0 aliphatic rings. The molecule has 0 amide bonds. The molecule has 2 aromatic rings. The molecular formula is C15H19N3O3. The van der Waals surface area contributed by atoms with Crippen LogP contribution < -0.4 is 5.32 Å². The molecule has 0 aliphatic carbocycles. The van der Waals surface area contributed by atoms with E-state index in [1.807, 2.05) is 6.92 Å². The minimum atomic E-state index is -0.408. The molecule has 21 heavy (non-hydrogen) atoms. The molecule has 0 radical (unpaired) electrons. The number of oxazole rings is 1. The van der Waals surface area contributed by atoms with Crippen LogP contribution in [0.15, 0.2) is 28.8 Å². The zero-order valence-electron chi connectivity index (χ0n) is 12.3. The van der Waals surface area contributed by atoms with E-state index >= 15 is 0 Å². The van der Waals surface area contributed by atoms with Gasteiger partial charge in [0, 0.05) is 30.7 Å². The summed E-state index contributed by atoms with van der Waals surface area (Å²) in [5.41, 5.74) is 1.69. The third-order valence-corrected chi connectivity index (χ3v) is 3.19. The van der Waals surface area contributed by atoms with Gasteiger partial charge in [0.1, 0.15) is 0 Å². The van der Waals surface area contributed by atoms with Gasteiger partial charge in [0.15, 0.2) is 11.7 Å². The Balaban J connectivity index is 2.13. The summed E-state index contributed by atoms with van der Waals surface area (Å²) < 4.78 is 5.69. The highest BCUT2D eigenvalue weighted by molar-refractivity contribution is 5.64. The van der Waals surface area contributed by atoms with Crippen LogP contribution in [0.1, 0.15) is 24.8 Å². The topological polar surface area (TPSA) is 81.2 Å². The molecule has 1 aromatic carbocycles. The van der Waals surface area contributed by atoms with E-state index in [0.717, 1.165) is 25.1 Å². The number of aryl methyl sites for hydroxylation is 1. The maximum Gasteiger partial charge on any atom is 0.270 e. The number of nitrogens with one attached hydrogen (secondary N) is 1. The number of non-ortho nitro benzene ring substituents is 1. The summed E-state index contributed by atoms with van der Waals surface area (Å²) >= 11 is 0. The second kappa shape index (κ2) is 6.99. The molecule has 1 aromatic heterocycles. The number of aromatic nitrogens is 1. The molecule has 0 unspecified atom stereocenters. The zero-order chi connectivity index (χ0) is 15.2. The molecule has 0 bridgehead atoms. The normalized spacial score (nSPS) is 10.8. The van der Waals surface area contributed by atoms with Crippen LogP contribution in [0, 0.1) is 17.0 Å². The first-order valence-corrected chi connectivity index (χ1v) is 7.02. The van der Waals surface area contributed by atoms with E-state index in [-0.39, 0.29) is 5.69 Å². The van der Waals surface area contributed by atoms with Gasteiger partial charge in [0.05, 0.1) is 11.1 Å². The van der Waals surface area contributed by atoms with Gasteiger partial charge in [-0.1, -0.05) is 13.0 Å². The first-order chi connectivity index (χ1) is 10.1. The molecule has 6 heteroatoms. The lowest BCUT2D eigenvalue weighted by atomic mass is 10.1. The summed E-state index contributed by atoms with van der Waals surface area (Å²) in [6.07, 6.45) is 3.42. The van der Waals surface area contributed by atoms with Crippen molar-refractivity contribution in [3.05, 3.63) is 46.0 Å². The van der Waals surface area contributed by atoms with Crippen LogP contribution in [0.2, 0.25) is 0 Å². The first-order valence-electron chi connectivity index (χ1n) is 7.02. The Labute approximate surface area is 123 Å². The van der Waals surface area contributed by atoms with E-state index in [1.54, 1.807) is 12.3 Å². The van der Waals surface area contributed by atoms with Crippen LogP contribution >= 0.6 is 0 Å². The largest absolute Gasteiger partial charge is 0.441 e. The quantitative estimate of drug-likeness (QED) is 0.481. The van der Waals surface area contributed by atoms with Crippen molar-refractivity contribution in [1.82, 2.24) is 10.3 Å². The molecule has 0 aliphatic heterocycles. The lowest BCUT2D eigenvalue weighted by Crippen LogP contribution is -2.17. The van der Waals surface area contributed by atoms with Crippen molar-refractivity contribution in [2.45, 2.75) is 26.7 Å². The minimum absolute atomic E-state index is 0.0539. The molecular weight excluding hydrogens is 270 g/mol. The van der Waals surface area contributed by atoms with Crippen molar-refractivity contribution in [1.29, 1.82) is 0 Å². The van der Waals surface area contributed by atoms with E-state index in [9.17, 15) is 10.1 Å². The number of rotatable bonds is 7. The van der Waals surface area contributed by atoms with Crippen molar-refractivity contribution in [2.24, 2.45) is 0 Å². The summed E-state index contributed by atoms with van der Waals surface area (Å²) in [6, 6.07) is 4.73. The number of nitro benzene ring substituents is 1. The summed E-state index contributed by atoms with van der Waals surface area (Å²) in [7, 11) is 0. The maximum atomic E-state index is 10.9. The Morgan fingerprint density at radius 1 is 1.38 bits per heavy atom. The fourth-order valence-electron chi connectivity index (χ4n) is 2.04. The SMILES string of the molecule is CCCNCCc1ncc(-c2cc([N+](=O)[O-])ccc2C)o1. The lowest BCUT2D eigenvalue weighted by Gasteiger charge is -2.02. The highest BCUT2D eigenvalue weighted by Gasteiger charge is 2.13. The fourth-order valence-corrected chi connectivity index (χ4v) is 2.04. The molecule has 0 saturated carbocycles. The molecule has 1 heterocycles. The average Bonchev–Trinajstić information content (AvgIpc) is 2.92. The number of hydrogen-bond acceptors (Lipinski definition) is 5. The average molecular weight is 289 g/mol. The maximum absolute atomic E-state index is 10.9. The Hall–Kier alpha value is -2.21. The molecule has 112 valence electrons. The van der Waals surface area contributed by atoms with Crippen molar-refractivity contribution in [2.75, 3.05) is 13.1 Å². The second-order valence-corrected chi connectivity index (χ2v) is 4.87. The molecule has 2 rings (SSSR count). The molecule has 0 saturated heterocycles. The molecule has 1 N–H and O–H groups in total. The van der Waals surface area contributed by atoms with Crippen molar-refractivity contribution in [3.8, 4) is 11.3 Å². The number of benzene rings is 1. The van der Waals surface area contributed by atoms with Gasteiger partial charge in [0.2, 0.25) is 0 Å². The Morgan fingerprint density at radius 3 is 2.90 bits per heavy atom. The zero-order valence-corrected chi connectivity index (χ0v) is 12.3. The van der Waals surface area contributed by atoms with E-state index in [1.165, 1.54) is 12.1 Å². The Morgan fingerprint density at radius 2 is 2.19 bits per heavy atom. The van der Waals surface area contributed by atoms with Crippen LogP contribution in [-0.2, 0) is 6.42 Å². The molecule has 0 fully saturated rings. The van der Waals surface area contributed by atoms with Gasteiger partial charge in [0.25, 0.3) is 5.69 Å². The number of hydrogen-bond donors (Lipinski definition) is 1. The third-order valence-electron chi connectivity index (χ3n) is 3.19. The monoisotopic (exact) mass is 289 g/mol. The van der Waals surface area contributed by atoms with Crippen LogP contribution in [-0.4, -0.2) is 23.0 Å². The predicted molar refractivity (Wildman–Crippen MR) is 80.2 cm³/mol. The standard InChI is InChI=1S/C15H19N3O3/c1-3-7-16-8-6-15-17-10-14(21-15)13-9-12(18(19)20)5-4-11(13)2/h4-5,9-10,16H,3,6-8H2,1-2H3. The smallest absolute Gasteiger partial charge is 0.270 e. The van der Waals surface area contributed by atoms with Gasteiger partial charge in [-0.15, -0.1) is 0 Å². The van der Waals surface area contributed by atoms with Gasteiger partial charge in [-0.3, -0.25) is 10.1 Å². The van der Waals surface area contributed by atoms with E-state index in [0.29, 0.717) is 23.6 Å². The van der Waals surface area contributed by atoms with Crippen molar-refractivity contribution in [3.63, 3.8) is 0 Å². The molecule has 6 nitrogen and oxygen atoms in total. The van der Waals surface area contributed by atoms with E-state index in [2.05, 4.69) is 17.2 Å². The Kier molecular flexibility index (Phi) is 5.05. The third kappa shape index (κ3) is 3.88. The van der Waals surface area contributed by atoms with Crippen LogP contribution in [0.3, 0.4) is 0 Å². The van der Waals surface area contributed by atoms with Gasteiger partial charge in [-0.25, -0.2) is 4.98 Å². The van der Waals surface area contributed by atoms with Gasteiger partial charge in [-0.05, 0) is 25.5 Å². The highest BCUT2D eigenvalue weighted by Crippen LogP contribution is 2.28. The van der Waals surface area contributed by atoms with Crippen LogP contribution in [0.25, 0.3) is 11.3 Å². The van der Waals surface area contributed by atoms with Crippen LogP contribution in [0.5, 0.6) is 0 Å². The van der Waals surface area contributed by atoms with Crippen molar-refractivity contribution < 1.29 is 9.34 Å². The summed E-state index contributed by atoms with van der Waals surface area (Å²) in [5.74, 6) is 1.21. The lowest BCUT2D eigenvalue weighted by molar-refractivity contribution is -0.384. The highest BCUT2D eigenvalue weighted by atomic mass is 16.6. The summed E-state index contributed by atoms with van der Waals surface area (Å²) in [4.78, 5) is 14.7. The number of nitrogens with zero attached hydrogens (tertiary/aromatic N) is 2. The molecule has 0 spiro atoms. The van der Waals surface area contributed by atoms with Gasteiger partial charge >= 0.3 is 0 Å². The first kappa shape index (κ1) is 15.2. The molecule has 0 atom stereocenters. The minimum Gasteiger partial charge on any atom is -0.441 e. The summed E-state index contributed by atoms with van der Waals surface area (Å²) in [6.45, 7) is 5.78. The van der Waals surface area contributed by atoms with Crippen molar-refractivity contribution >= 4 is 5.69 Å². The Bertz CT molecular complexity index is 622. The van der Waals surface area contributed by atoms with E-state index in [4.69, 9.17) is 4.42 Å². The second-order valence-electron chi connectivity index (χ2n) is 4.87. The predicted octanol–water partition coefficient (Wildman–Crippen LogP) is 3.10. The summed E-state index contributed by atoms with van der Waals surface area (Å²) in [5, 5.41) is 14.1. The van der Waals surface area contributed by atoms with Crippen LogP contribution in [0.4, 0.5) is 5.69 Å². The van der Waals surface area contributed by atoms with Gasteiger partial charge in [-0.2, -0.15) is 0 Å². The van der Waals surface area contributed by atoms with Gasteiger partial charge < -0.3 is 9.73 Å². The van der Waals surface area contributed by atoms with E-state index < -0.39 is 4.92 Å².